The number of thiazole rings is 1. The molecule has 1 N–H and O–H groups in total. The highest BCUT2D eigenvalue weighted by molar-refractivity contribution is 7.12. The number of ether oxygens (including phenoxy) is 1. The Labute approximate surface area is 145 Å². The summed E-state index contributed by atoms with van der Waals surface area (Å²) in [6, 6.07) is 4.64. The van der Waals surface area contributed by atoms with Gasteiger partial charge in [0.25, 0.3) is 5.91 Å². The summed E-state index contributed by atoms with van der Waals surface area (Å²) in [5.74, 6) is -1.26. The summed E-state index contributed by atoms with van der Waals surface area (Å²) in [5, 5.41) is 3.32. The number of hydrogen-bond donors (Lipinski definition) is 1. The summed E-state index contributed by atoms with van der Waals surface area (Å²) >= 11 is 18.5. The molecule has 0 spiro atoms. The van der Waals surface area contributed by atoms with E-state index in [-0.39, 0.29) is 10.0 Å². The third-order valence-corrected chi connectivity index (χ3v) is 4.32. The highest BCUT2D eigenvalue weighted by Gasteiger charge is 2.22. The zero-order valence-corrected chi connectivity index (χ0v) is 14.2. The lowest BCUT2D eigenvalue weighted by Crippen LogP contribution is -2.30. The number of nitrogens with zero attached hydrogens (tertiary/aromatic N) is 1. The molecule has 1 atom stereocenters. The predicted molar refractivity (Wildman–Crippen MR) is 87.1 cm³/mol. The van der Waals surface area contributed by atoms with Crippen LogP contribution in [0, 0.1) is 0 Å². The molecule has 0 saturated carbocycles. The number of nitrogens with one attached hydrogen (secondary N) is 1. The number of rotatable bonds is 4. The van der Waals surface area contributed by atoms with Crippen LogP contribution in [-0.4, -0.2) is 23.0 Å². The van der Waals surface area contributed by atoms with Crippen LogP contribution in [0.1, 0.15) is 16.6 Å². The molecule has 116 valence electrons. The first kappa shape index (κ1) is 17.0. The average Bonchev–Trinajstić information content (AvgIpc) is 2.89. The molecule has 9 heteroatoms. The molecular weight excluding hydrogens is 371 g/mol. The van der Waals surface area contributed by atoms with E-state index in [1.165, 1.54) is 18.5 Å². The highest BCUT2D eigenvalue weighted by atomic mass is 35.5. The Kier molecular flexibility index (Phi) is 5.63. The lowest BCUT2D eigenvalue weighted by Gasteiger charge is -2.14. The lowest BCUT2D eigenvalue weighted by atomic mass is 10.3. The van der Waals surface area contributed by atoms with Gasteiger partial charge in [0.05, 0.1) is 16.2 Å². The third-order valence-electron chi connectivity index (χ3n) is 2.55. The standard InChI is InChI=1S/C13H9Cl3N2O3S/c1-6(21-13(20)10-11(16)17-5-22-10)12(19)18-9-4-7(14)2-3-8(9)15/h2-6H,1H3,(H,18,19)/t6-/m0/s1. The van der Waals surface area contributed by atoms with Gasteiger partial charge in [-0.2, -0.15) is 0 Å². The van der Waals surface area contributed by atoms with E-state index in [0.29, 0.717) is 15.7 Å². The van der Waals surface area contributed by atoms with Crippen molar-refractivity contribution in [2.45, 2.75) is 13.0 Å². The Morgan fingerprint density at radius 2 is 2.05 bits per heavy atom. The normalized spacial score (nSPS) is 11.8. The van der Waals surface area contributed by atoms with Crippen LogP contribution in [0.15, 0.2) is 23.7 Å². The molecule has 1 amide bonds. The van der Waals surface area contributed by atoms with Crippen LogP contribution in [-0.2, 0) is 9.53 Å². The van der Waals surface area contributed by atoms with Gasteiger partial charge in [-0.1, -0.05) is 34.8 Å². The summed E-state index contributed by atoms with van der Waals surface area (Å²) in [7, 11) is 0. The van der Waals surface area contributed by atoms with Crippen molar-refractivity contribution in [3.8, 4) is 0 Å². The topological polar surface area (TPSA) is 68.3 Å². The number of hydrogen-bond acceptors (Lipinski definition) is 5. The van der Waals surface area contributed by atoms with Gasteiger partial charge in [0.1, 0.15) is 0 Å². The Hall–Kier alpha value is -1.34. The fraction of sp³-hybridized carbons (Fsp3) is 0.154. The van der Waals surface area contributed by atoms with E-state index in [0.717, 1.165) is 11.3 Å². The van der Waals surface area contributed by atoms with Crippen LogP contribution in [0.25, 0.3) is 0 Å². The largest absolute Gasteiger partial charge is 0.448 e. The molecule has 0 bridgehead atoms. The van der Waals surface area contributed by atoms with Gasteiger partial charge in [0.2, 0.25) is 0 Å². The SMILES string of the molecule is C[C@H](OC(=O)c1scnc1Cl)C(=O)Nc1cc(Cl)ccc1Cl. The van der Waals surface area contributed by atoms with Crippen molar-refractivity contribution in [2.75, 3.05) is 5.32 Å². The molecule has 2 rings (SSSR count). The molecule has 0 unspecified atom stereocenters. The van der Waals surface area contributed by atoms with Crippen LogP contribution in [0.2, 0.25) is 15.2 Å². The fourth-order valence-corrected chi connectivity index (χ4v) is 2.67. The molecule has 0 fully saturated rings. The minimum absolute atomic E-state index is 0.0421. The van der Waals surface area contributed by atoms with Crippen LogP contribution in [0.5, 0.6) is 0 Å². The number of benzene rings is 1. The van der Waals surface area contributed by atoms with E-state index in [4.69, 9.17) is 39.5 Å². The van der Waals surface area contributed by atoms with Gasteiger partial charge in [-0.05, 0) is 25.1 Å². The Morgan fingerprint density at radius 1 is 1.32 bits per heavy atom. The fourth-order valence-electron chi connectivity index (χ4n) is 1.46. The third kappa shape index (κ3) is 4.10. The summed E-state index contributed by atoms with van der Waals surface area (Å²) in [4.78, 5) is 27.8. The molecular formula is C13H9Cl3N2O3S. The van der Waals surface area contributed by atoms with Crippen LogP contribution >= 0.6 is 46.1 Å². The van der Waals surface area contributed by atoms with Gasteiger partial charge >= 0.3 is 5.97 Å². The van der Waals surface area contributed by atoms with Crippen LogP contribution in [0.4, 0.5) is 5.69 Å². The van der Waals surface area contributed by atoms with Gasteiger partial charge < -0.3 is 10.1 Å². The molecule has 22 heavy (non-hydrogen) atoms. The summed E-state index contributed by atoms with van der Waals surface area (Å²) in [6.07, 6.45) is -1.04. The first-order chi connectivity index (χ1) is 10.4. The smallest absolute Gasteiger partial charge is 0.352 e. The maximum atomic E-state index is 12.0. The van der Waals surface area contributed by atoms with Crippen LogP contribution < -0.4 is 5.32 Å². The zero-order chi connectivity index (χ0) is 16.3. The van der Waals surface area contributed by atoms with Gasteiger partial charge in [-0.3, -0.25) is 4.79 Å². The predicted octanol–water partition coefficient (Wildman–Crippen LogP) is 4.29. The van der Waals surface area contributed by atoms with Gasteiger partial charge in [-0.15, -0.1) is 11.3 Å². The maximum absolute atomic E-state index is 12.0. The van der Waals surface area contributed by atoms with E-state index < -0.39 is 18.0 Å². The van der Waals surface area contributed by atoms with Gasteiger partial charge in [0, 0.05) is 5.02 Å². The van der Waals surface area contributed by atoms with Crippen molar-refractivity contribution in [3.63, 3.8) is 0 Å². The van der Waals surface area contributed by atoms with Crippen molar-refractivity contribution < 1.29 is 14.3 Å². The molecule has 0 radical (unpaired) electrons. The molecule has 1 aromatic carbocycles. The maximum Gasteiger partial charge on any atom is 0.352 e. The van der Waals surface area contributed by atoms with Crippen molar-refractivity contribution in [1.29, 1.82) is 0 Å². The number of amides is 1. The number of halogens is 3. The Morgan fingerprint density at radius 3 is 2.68 bits per heavy atom. The second-order valence-electron chi connectivity index (χ2n) is 4.13. The summed E-state index contributed by atoms with van der Waals surface area (Å²) in [6.45, 7) is 1.43. The van der Waals surface area contributed by atoms with Gasteiger partial charge in [-0.25, -0.2) is 9.78 Å². The minimum atomic E-state index is -1.04. The van der Waals surface area contributed by atoms with E-state index in [2.05, 4.69) is 10.3 Å². The van der Waals surface area contributed by atoms with Crippen molar-refractivity contribution in [2.24, 2.45) is 0 Å². The zero-order valence-electron chi connectivity index (χ0n) is 11.1. The first-order valence-corrected chi connectivity index (χ1v) is 7.95. The minimum Gasteiger partial charge on any atom is -0.448 e. The highest BCUT2D eigenvalue weighted by Crippen LogP contribution is 2.26. The molecule has 0 aliphatic rings. The summed E-state index contributed by atoms with van der Waals surface area (Å²) < 4.78 is 5.04. The second kappa shape index (κ2) is 7.28. The second-order valence-corrected chi connectivity index (χ2v) is 6.19. The molecule has 0 aliphatic heterocycles. The van der Waals surface area contributed by atoms with Crippen LogP contribution in [0.3, 0.4) is 0 Å². The first-order valence-electron chi connectivity index (χ1n) is 5.94. The molecule has 1 heterocycles. The van der Waals surface area contributed by atoms with Gasteiger partial charge in [0.15, 0.2) is 16.1 Å². The number of carbonyl (C=O) groups is 2. The van der Waals surface area contributed by atoms with Crippen molar-refractivity contribution in [1.82, 2.24) is 4.98 Å². The lowest BCUT2D eigenvalue weighted by molar-refractivity contribution is -0.123. The summed E-state index contributed by atoms with van der Waals surface area (Å²) in [5.41, 5.74) is 1.74. The monoisotopic (exact) mass is 378 g/mol. The van der Waals surface area contributed by atoms with Crippen molar-refractivity contribution >= 4 is 63.7 Å². The molecule has 2 aromatic rings. The molecule has 0 saturated heterocycles. The molecule has 5 nitrogen and oxygen atoms in total. The van der Waals surface area contributed by atoms with Crippen molar-refractivity contribution in [3.05, 3.63) is 43.8 Å². The quantitative estimate of drug-likeness (QED) is 0.805. The Bertz CT molecular complexity index is 720. The van der Waals surface area contributed by atoms with E-state index in [1.807, 2.05) is 0 Å². The number of anilines is 1. The number of esters is 1. The van der Waals surface area contributed by atoms with E-state index >= 15 is 0 Å². The Balaban J connectivity index is 2.02. The van der Waals surface area contributed by atoms with E-state index in [1.54, 1.807) is 12.1 Å². The number of aromatic nitrogens is 1. The number of carbonyl (C=O) groups excluding carboxylic acids is 2. The molecule has 0 aliphatic carbocycles. The molecule has 1 aromatic heterocycles. The average molecular weight is 380 g/mol. The van der Waals surface area contributed by atoms with E-state index in [9.17, 15) is 9.59 Å².